The van der Waals surface area contributed by atoms with Gasteiger partial charge in [-0.05, 0) is 33.1 Å². The Labute approximate surface area is 107 Å². The van der Waals surface area contributed by atoms with Crippen molar-refractivity contribution in [2.45, 2.75) is 85.2 Å². The Bertz CT molecular complexity index is 162. The van der Waals surface area contributed by atoms with Gasteiger partial charge >= 0.3 is 5.97 Å². The Kier molecular flexibility index (Phi) is 14.9. The maximum atomic E-state index is 9.60. The van der Waals surface area contributed by atoms with Crippen LogP contribution in [0.4, 0.5) is 0 Å². The summed E-state index contributed by atoms with van der Waals surface area (Å²) in [5, 5.41) is 11.5. The molecule has 0 aliphatic heterocycles. The number of hydrogen-bond donors (Lipinski definition) is 2. The van der Waals surface area contributed by atoms with Gasteiger partial charge in [-0.3, -0.25) is 4.79 Å². The van der Waals surface area contributed by atoms with E-state index in [1.807, 2.05) is 6.92 Å². The quantitative estimate of drug-likeness (QED) is 0.683. The third-order valence-electron chi connectivity index (χ3n) is 2.48. The standard InChI is InChI=1S/C10H23N.C4H8O2/c1-5-7-9(3)11-10(4)8-6-2;1-2-3-4(5)6/h9-11H,5-8H2,1-4H3;2-3H2,1H3,(H,5,6). The zero-order chi connectivity index (χ0) is 13.7. The second-order valence-electron chi connectivity index (χ2n) is 4.69. The molecule has 0 amide bonds. The first-order chi connectivity index (χ1) is 7.97. The van der Waals surface area contributed by atoms with Crippen LogP contribution in [0.2, 0.25) is 0 Å². The van der Waals surface area contributed by atoms with Gasteiger partial charge in [0.15, 0.2) is 0 Å². The lowest BCUT2D eigenvalue weighted by Crippen LogP contribution is -2.34. The van der Waals surface area contributed by atoms with E-state index in [-0.39, 0.29) is 0 Å². The van der Waals surface area contributed by atoms with Crippen molar-refractivity contribution in [1.82, 2.24) is 5.32 Å². The van der Waals surface area contributed by atoms with Crippen LogP contribution in [-0.4, -0.2) is 23.2 Å². The predicted molar refractivity (Wildman–Crippen MR) is 74.4 cm³/mol. The predicted octanol–water partition coefficient (Wildman–Crippen LogP) is 3.82. The summed E-state index contributed by atoms with van der Waals surface area (Å²) in [6, 6.07) is 1.39. The lowest BCUT2D eigenvalue weighted by Gasteiger charge is -2.18. The highest BCUT2D eigenvalue weighted by Crippen LogP contribution is 2.00. The van der Waals surface area contributed by atoms with E-state index >= 15 is 0 Å². The summed E-state index contributed by atoms with van der Waals surface area (Å²) in [5.74, 6) is -0.711. The van der Waals surface area contributed by atoms with Crippen molar-refractivity contribution >= 4 is 5.97 Å². The number of aliphatic carboxylic acids is 1. The Morgan fingerprint density at radius 3 is 1.59 bits per heavy atom. The molecular weight excluding hydrogens is 214 g/mol. The fourth-order valence-corrected chi connectivity index (χ4v) is 1.73. The fraction of sp³-hybridized carbons (Fsp3) is 0.929. The minimum absolute atomic E-state index is 0.292. The summed E-state index contributed by atoms with van der Waals surface area (Å²) in [5.41, 5.74) is 0. The molecule has 0 aliphatic carbocycles. The van der Waals surface area contributed by atoms with Crippen LogP contribution < -0.4 is 5.32 Å². The molecule has 0 aromatic carbocycles. The monoisotopic (exact) mass is 245 g/mol. The molecule has 2 unspecified atom stereocenters. The Morgan fingerprint density at radius 1 is 1.00 bits per heavy atom. The van der Waals surface area contributed by atoms with E-state index in [9.17, 15) is 4.79 Å². The summed E-state index contributed by atoms with van der Waals surface area (Å²) in [4.78, 5) is 9.60. The highest BCUT2D eigenvalue weighted by molar-refractivity contribution is 5.66. The highest BCUT2D eigenvalue weighted by Gasteiger charge is 2.04. The second kappa shape index (κ2) is 13.5. The van der Waals surface area contributed by atoms with Gasteiger partial charge in [-0.2, -0.15) is 0 Å². The molecule has 0 aliphatic rings. The first-order valence-corrected chi connectivity index (χ1v) is 6.95. The molecular formula is C14H31NO2. The van der Waals surface area contributed by atoms with E-state index in [2.05, 4.69) is 33.0 Å². The molecule has 0 aromatic heterocycles. The van der Waals surface area contributed by atoms with Crippen LogP contribution in [0.15, 0.2) is 0 Å². The van der Waals surface area contributed by atoms with Crippen molar-refractivity contribution in [2.24, 2.45) is 0 Å². The van der Waals surface area contributed by atoms with Crippen LogP contribution in [0, 0.1) is 0 Å². The van der Waals surface area contributed by atoms with Gasteiger partial charge in [0.1, 0.15) is 0 Å². The molecule has 3 nitrogen and oxygen atoms in total. The van der Waals surface area contributed by atoms with Gasteiger partial charge in [0.2, 0.25) is 0 Å². The largest absolute Gasteiger partial charge is 0.481 e. The minimum Gasteiger partial charge on any atom is -0.481 e. The minimum atomic E-state index is -0.711. The van der Waals surface area contributed by atoms with Gasteiger partial charge in [-0.15, -0.1) is 0 Å². The van der Waals surface area contributed by atoms with Crippen LogP contribution in [0.1, 0.15) is 73.1 Å². The van der Waals surface area contributed by atoms with Crippen molar-refractivity contribution in [2.75, 3.05) is 0 Å². The average molecular weight is 245 g/mol. The Hall–Kier alpha value is -0.570. The van der Waals surface area contributed by atoms with Crippen molar-refractivity contribution < 1.29 is 9.90 Å². The van der Waals surface area contributed by atoms with Gasteiger partial charge in [-0.1, -0.05) is 33.6 Å². The molecule has 2 N–H and O–H groups in total. The van der Waals surface area contributed by atoms with Gasteiger partial charge in [0.05, 0.1) is 0 Å². The van der Waals surface area contributed by atoms with E-state index in [4.69, 9.17) is 5.11 Å². The van der Waals surface area contributed by atoms with Crippen molar-refractivity contribution in [3.63, 3.8) is 0 Å². The van der Waals surface area contributed by atoms with E-state index in [0.717, 1.165) is 6.42 Å². The van der Waals surface area contributed by atoms with Crippen LogP contribution in [0.3, 0.4) is 0 Å². The second-order valence-corrected chi connectivity index (χ2v) is 4.69. The van der Waals surface area contributed by atoms with E-state index in [1.165, 1.54) is 25.7 Å². The van der Waals surface area contributed by atoms with Crippen molar-refractivity contribution in [3.8, 4) is 0 Å². The molecule has 0 saturated heterocycles. The molecule has 0 rings (SSSR count). The first-order valence-electron chi connectivity index (χ1n) is 6.95. The smallest absolute Gasteiger partial charge is 0.303 e. The lowest BCUT2D eigenvalue weighted by molar-refractivity contribution is -0.137. The summed E-state index contributed by atoms with van der Waals surface area (Å²) < 4.78 is 0. The van der Waals surface area contributed by atoms with Crippen molar-refractivity contribution in [1.29, 1.82) is 0 Å². The number of carboxylic acids is 1. The molecule has 104 valence electrons. The third kappa shape index (κ3) is 18.0. The van der Waals surface area contributed by atoms with Gasteiger partial charge in [0.25, 0.3) is 0 Å². The molecule has 0 bridgehead atoms. The molecule has 3 heteroatoms. The summed E-state index contributed by atoms with van der Waals surface area (Å²) >= 11 is 0. The number of rotatable bonds is 8. The van der Waals surface area contributed by atoms with E-state index < -0.39 is 5.97 Å². The molecule has 0 spiro atoms. The van der Waals surface area contributed by atoms with E-state index in [0.29, 0.717) is 18.5 Å². The molecule has 0 saturated carbocycles. The number of nitrogens with one attached hydrogen (secondary N) is 1. The maximum absolute atomic E-state index is 9.60. The van der Waals surface area contributed by atoms with Crippen LogP contribution >= 0.6 is 0 Å². The van der Waals surface area contributed by atoms with Gasteiger partial charge < -0.3 is 10.4 Å². The SMILES string of the molecule is CCCC(=O)O.CCCC(C)NC(C)CCC. The number of carboxylic acid groups (broad SMARTS) is 1. The number of carbonyl (C=O) groups is 1. The molecule has 2 atom stereocenters. The first kappa shape index (κ1) is 18.8. The molecule has 0 heterocycles. The van der Waals surface area contributed by atoms with Crippen LogP contribution in [0.5, 0.6) is 0 Å². The zero-order valence-corrected chi connectivity index (χ0v) is 12.3. The Morgan fingerprint density at radius 2 is 1.41 bits per heavy atom. The summed E-state index contributed by atoms with van der Waals surface area (Å²) in [7, 11) is 0. The average Bonchev–Trinajstić information content (AvgIpc) is 2.18. The topological polar surface area (TPSA) is 49.3 Å². The maximum Gasteiger partial charge on any atom is 0.303 e. The summed E-state index contributed by atoms with van der Waals surface area (Å²) in [6.45, 7) is 10.9. The molecule has 0 aromatic rings. The fourth-order valence-electron chi connectivity index (χ4n) is 1.73. The summed E-state index contributed by atoms with van der Waals surface area (Å²) in [6.07, 6.45) is 6.19. The van der Waals surface area contributed by atoms with Crippen LogP contribution in [0.25, 0.3) is 0 Å². The normalized spacial score (nSPS) is 13.5. The Balaban J connectivity index is 0. The third-order valence-corrected chi connectivity index (χ3v) is 2.48. The van der Waals surface area contributed by atoms with Crippen molar-refractivity contribution in [3.05, 3.63) is 0 Å². The lowest BCUT2D eigenvalue weighted by atomic mass is 10.1. The molecule has 17 heavy (non-hydrogen) atoms. The zero-order valence-electron chi connectivity index (χ0n) is 12.3. The van der Waals surface area contributed by atoms with E-state index in [1.54, 1.807) is 0 Å². The van der Waals surface area contributed by atoms with Gasteiger partial charge in [0, 0.05) is 18.5 Å². The number of hydrogen-bond acceptors (Lipinski definition) is 2. The van der Waals surface area contributed by atoms with Gasteiger partial charge in [-0.25, -0.2) is 0 Å². The molecule has 0 radical (unpaired) electrons. The van der Waals surface area contributed by atoms with Crippen LogP contribution in [-0.2, 0) is 4.79 Å². The molecule has 0 fully saturated rings. The highest BCUT2D eigenvalue weighted by atomic mass is 16.4.